The van der Waals surface area contributed by atoms with Crippen LogP contribution in [0.3, 0.4) is 0 Å². The number of phenols is 1. The number of likely N-dealkylation sites (tertiary alicyclic amines) is 1. The number of rotatable bonds is 7. The molecule has 0 bridgehead atoms. The number of nitrogens with zero attached hydrogens (tertiary/aromatic N) is 2. The van der Waals surface area contributed by atoms with Crippen LogP contribution in [-0.2, 0) is 26.0 Å². The van der Waals surface area contributed by atoms with Gasteiger partial charge >= 0.3 is 5.97 Å². The van der Waals surface area contributed by atoms with Crippen molar-refractivity contribution in [3.63, 3.8) is 0 Å². The first-order valence-electron chi connectivity index (χ1n) is 11.7. The molecule has 1 N–H and O–H groups in total. The van der Waals surface area contributed by atoms with Crippen molar-refractivity contribution < 1.29 is 27.9 Å². The Morgan fingerprint density at radius 2 is 1.65 bits per heavy atom. The fourth-order valence-electron chi connectivity index (χ4n) is 4.55. The van der Waals surface area contributed by atoms with Crippen molar-refractivity contribution in [2.75, 3.05) is 32.8 Å². The van der Waals surface area contributed by atoms with Gasteiger partial charge in [0.15, 0.2) is 6.61 Å². The lowest BCUT2D eigenvalue weighted by atomic mass is 9.90. The number of carbonyl (C=O) groups is 2. The van der Waals surface area contributed by atoms with Gasteiger partial charge in [-0.1, -0.05) is 30.3 Å². The molecule has 0 unspecified atom stereocenters. The fraction of sp³-hybridized carbons (Fsp3) is 0.440. The van der Waals surface area contributed by atoms with Crippen LogP contribution in [0.15, 0.2) is 53.4 Å². The van der Waals surface area contributed by atoms with E-state index in [0.29, 0.717) is 32.1 Å². The van der Waals surface area contributed by atoms with Gasteiger partial charge < -0.3 is 14.7 Å². The van der Waals surface area contributed by atoms with Gasteiger partial charge in [0, 0.05) is 26.2 Å². The molecule has 182 valence electrons. The first-order valence-corrected chi connectivity index (χ1v) is 13.1. The minimum atomic E-state index is -3.75. The molecule has 1 amide bonds. The van der Waals surface area contributed by atoms with Crippen LogP contribution >= 0.6 is 0 Å². The number of phenolic OH excluding ortho intramolecular Hbond substituents is 1. The molecule has 2 aliphatic heterocycles. The van der Waals surface area contributed by atoms with Crippen molar-refractivity contribution >= 4 is 21.9 Å². The van der Waals surface area contributed by atoms with Crippen molar-refractivity contribution in [1.29, 1.82) is 0 Å². The average Bonchev–Trinajstić information content (AvgIpc) is 3.40. The number of aromatic hydroxyl groups is 1. The normalized spacial score (nSPS) is 17.6. The SMILES string of the molecule is O=C(OCC(=O)N1CCC(Cc2ccccc2)CC1)c1cc(S(=O)(=O)N2CCCC2)ccc1O. The molecule has 0 aliphatic carbocycles. The van der Waals surface area contributed by atoms with E-state index in [0.717, 1.165) is 38.2 Å². The zero-order chi connectivity index (χ0) is 24.1. The molecule has 8 nitrogen and oxygen atoms in total. The maximum Gasteiger partial charge on any atom is 0.342 e. The molecule has 2 fully saturated rings. The summed E-state index contributed by atoms with van der Waals surface area (Å²) < 4.78 is 32.0. The van der Waals surface area contributed by atoms with Crippen molar-refractivity contribution in [1.82, 2.24) is 9.21 Å². The summed E-state index contributed by atoms with van der Waals surface area (Å²) in [5.74, 6) is -1.11. The second kappa shape index (κ2) is 10.6. The molecule has 34 heavy (non-hydrogen) atoms. The Balaban J connectivity index is 1.31. The summed E-state index contributed by atoms with van der Waals surface area (Å²) in [5, 5.41) is 10.1. The monoisotopic (exact) mass is 486 g/mol. The van der Waals surface area contributed by atoms with E-state index in [1.54, 1.807) is 4.90 Å². The van der Waals surface area contributed by atoms with E-state index in [-0.39, 0.29) is 22.1 Å². The van der Waals surface area contributed by atoms with Crippen LogP contribution in [0.1, 0.15) is 41.6 Å². The number of benzene rings is 2. The second-order valence-electron chi connectivity index (χ2n) is 8.88. The first-order chi connectivity index (χ1) is 16.3. The maximum atomic E-state index is 12.8. The highest BCUT2D eigenvalue weighted by Crippen LogP contribution is 2.27. The van der Waals surface area contributed by atoms with E-state index in [4.69, 9.17) is 4.74 Å². The van der Waals surface area contributed by atoms with Crippen LogP contribution in [0.4, 0.5) is 0 Å². The number of carbonyl (C=O) groups excluding carboxylic acids is 2. The number of esters is 1. The lowest BCUT2D eigenvalue weighted by Gasteiger charge is -2.32. The maximum absolute atomic E-state index is 12.8. The third-order valence-electron chi connectivity index (χ3n) is 6.55. The Labute approximate surface area is 200 Å². The van der Waals surface area contributed by atoms with Gasteiger partial charge in [0.1, 0.15) is 11.3 Å². The van der Waals surface area contributed by atoms with Crippen LogP contribution in [0.2, 0.25) is 0 Å². The van der Waals surface area contributed by atoms with Gasteiger partial charge in [-0.25, -0.2) is 13.2 Å². The third-order valence-corrected chi connectivity index (χ3v) is 8.45. The Morgan fingerprint density at radius 3 is 2.32 bits per heavy atom. The van der Waals surface area contributed by atoms with Crippen molar-refractivity contribution in [2.45, 2.75) is 37.0 Å². The van der Waals surface area contributed by atoms with Gasteiger partial charge in [-0.3, -0.25) is 4.79 Å². The highest BCUT2D eigenvalue weighted by atomic mass is 32.2. The summed E-state index contributed by atoms with van der Waals surface area (Å²) in [7, 11) is -3.75. The number of amides is 1. The lowest BCUT2D eigenvalue weighted by molar-refractivity contribution is -0.135. The van der Waals surface area contributed by atoms with Crippen molar-refractivity contribution in [2.24, 2.45) is 5.92 Å². The van der Waals surface area contributed by atoms with E-state index in [9.17, 15) is 23.1 Å². The van der Waals surface area contributed by atoms with Gasteiger partial charge in [0.05, 0.1) is 4.90 Å². The zero-order valence-electron chi connectivity index (χ0n) is 19.1. The third kappa shape index (κ3) is 5.59. The van der Waals surface area contributed by atoms with Crippen LogP contribution in [0, 0.1) is 5.92 Å². The summed E-state index contributed by atoms with van der Waals surface area (Å²) in [6.45, 7) is 1.61. The summed E-state index contributed by atoms with van der Waals surface area (Å²) in [5.41, 5.74) is 1.02. The minimum absolute atomic E-state index is 0.0778. The molecule has 2 aromatic rings. The second-order valence-corrected chi connectivity index (χ2v) is 10.8. The molecule has 4 rings (SSSR count). The molecule has 2 saturated heterocycles. The van der Waals surface area contributed by atoms with Gasteiger partial charge in [0.25, 0.3) is 5.91 Å². The predicted molar refractivity (Wildman–Crippen MR) is 126 cm³/mol. The summed E-state index contributed by atoms with van der Waals surface area (Å²) >= 11 is 0. The molecule has 2 aromatic carbocycles. The van der Waals surface area contributed by atoms with E-state index in [1.807, 2.05) is 18.2 Å². The van der Waals surface area contributed by atoms with Crippen LogP contribution in [0.5, 0.6) is 5.75 Å². The van der Waals surface area contributed by atoms with Gasteiger partial charge in [-0.15, -0.1) is 0 Å². The zero-order valence-corrected chi connectivity index (χ0v) is 19.9. The number of ether oxygens (including phenoxy) is 1. The molecule has 0 aromatic heterocycles. The van der Waals surface area contributed by atoms with Crippen molar-refractivity contribution in [3.05, 3.63) is 59.7 Å². The number of hydrogen-bond acceptors (Lipinski definition) is 6. The molecule has 2 heterocycles. The lowest BCUT2D eigenvalue weighted by Crippen LogP contribution is -2.41. The highest BCUT2D eigenvalue weighted by molar-refractivity contribution is 7.89. The van der Waals surface area contributed by atoms with Gasteiger partial charge in [-0.05, 0) is 61.8 Å². The Bertz CT molecular complexity index is 1120. The standard InChI is InChI=1S/C25H30N2O6S/c28-23-9-8-21(34(31,32)27-12-4-5-13-27)17-22(23)25(30)33-18-24(29)26-14-10-20(11-15-26)16-19-6-2-1-3-7-19/h1-3,6-9,17,20,28H,4-5,10-16,18H2. The molecule has 0 atom stereocenters. The van der Waals surface area contributed by atoms with E-state index < -0.39 is 22.6 Å². The minimum Gasteiger partial charge on any atom is -0.507 e. The molecule has 9 heteroatoms. The Morgan fingerprint density at radius 1 is 0.971 bits per heavy atom. The van der Waals surface area contributed by atoms with E-state index >= 15 is 0 Å². The molecule has 0 saturated carbocycles. The van der Waals surface area contributed by atoms with E-state index in [1.165, 1.54) is 22.0 Å². The largest absolute Gasteiger partial charge is 0.507 e. The molecule has 0 spiro atoms. The first kappa shape index (κ1) is 24.2. The Hall–Kier alpha value is -2.91. The quantitative estimate of drug-likeness (QED) is 0.604. The number of piperidine rings is 1. The molecular formula is C25H30N2O6S. The summed E-state index contributed by atoms with van der Waals surface area (Å²) in [6, 6.07) is 13.8. The van der Waals surface area contributed by atoms with Crippen LogP contribution in [0.25, 0.3) is 0 Å². The van der Waals surface area contributed by atoms with Crippen LogP contribution in [-0.4, -0.2) is 67.4 Å². The van der Waals surface area contributed by atoms with Gasteiger partial charge in [-0.2, -0.15) is 4.31 Å². The van der Waals surface area contributed by atoms with E-state index in [2.05, 4.69) is 12.1 Å². The predicted octanol–water partition coefficient (Wildman–Crippen LogP) is 2.81. The van der Waals surface area contributed by atoms with Crippen LogP contribution < -0.4 is 0 Å². The number of sulfonamides is 1. The number of hydrogen-bond donors (Lipinski definition) is 1. The summed E-state index contributed by atoms with van der Waals surface area (Å²) in [4.78, 5) is 26.7. The smallest absolute Gasteiger partial charge is 0.342 e. The average molecular weight is 487 g/mol. The van der Waals surface area contributed by atoms with Crippen molar-refractivity contribution in [3.8, 4) is 5.75 Å². The van der Waals surface area contributed by atoms with Gasteiger partial charge in [0.2, 0.25) is 10.0 Å². The fourth-order valence-corrected chi connectivity index (χ4v) is 6.09. The highest BCUT2D eigenvalue weighted by Gasteiger charge is 2.29. The topological polar surface area (TPSA) is 104 Å². The Kier molecular flexibility index (Phi) is 7.53. The molecular weight excluding hydrogens is 456 g/mol. The summed E-state index contributed by atoms with van der Waals surface area (Å²) in [6.07, 6.45) is 4.32. The molecule has 0 radical (unpaired) electrons. The molecule has 2 aliphatic rings.